The van der Waals surface area contributed by atoms with E-state index in [1.165, 1.54) is 19.3 Å². The van der Waals surface area contributed by atoms with Crippen molar-refractivity contribution < 1.29 is 5.21 Å². The Morgan fingerprint density at radius 1 is 1.33 bits per heavy atom. The lowest BCUT2D eigenvalue weighted by atomic mass is 9.79. The number of nitrogens with zero attached hydrogens (tertiary/aromatic N) is 1. The monoisotopic (exact) mass is 289 g/mol. The molecule has 4 N–H and O–H groups in total. The number of amidine groups is 1. The molecule has 0 heterocycles. The van der Waals surface area contributed by atoms with Gasteiger partial charge in [-0.05, 0) is 36.7 Å². The zero-order chi connectivity index (χ0) is 15.2. The second-order valence-electron chi connectivity index (χ2n) is 6.40. The van der Waals surface area contributed by atoms with Crippen molar-refractivity contribution in [3.05, 3.63) is 35.9 Å². The summed E-state index contributed by atoms with van der Waals surface area (Å²) < 4.78 is 0. The van der Waals surface area contributed by atoms with E-state index in [4.69, 9.17) is 10.9 Å². The van der Waals surface area contributed by atoms with E-state index in [0.717, 1.165) is 11.5 Å². The highest BCUT2D eigenvalue weighted by Gasteiger charge is 2.26. The van der Waals surface area contributed by atoms with Crippen molar-refractivity contribution >= 4 is 5.84 Å². The van der Waals surface area contributed by atoms with Gasteiger partial charge in [-0.3, -0.25) is 0 Å². The number of hydrogen-bond donors (Lipinski definition) is 3. The van der Waals surface area contributed by atoms with E-state index < -0.39 is 0 Å². The fraction of sp³-hybridized carbons (Fsp3) is 0.588. The molecule has 21 heavy (non-hydrogen) atoms. The summed E-state index contributed by atoms with van der Waals surface area (Å²) in [5.41, 5.74) is 6.96. The first kappa shape index (κ1) is 15.8. The van der Waals surface area contributed by atoms with Gasteiger partial charge in [-0.1, -0.05) is 49.3 Å². The molecule has 1 fully saturated rings. The molecule has 1 saturated carbocycles. The zero-order valence-electron chi connectivity index (χ0n) is 13.0. The third-order valence-corrected chi connectivity index (χ3v) is 4.69. The van der Waals surface area contributed by atoms with E-state index in [9.17, 15) is 0 Å². The molecule has 4 nitrogen and oxygen atoms in total. The molecule has 0 bridgehead atoms. The van der Waals surface area contributed by atoms with E-state index in [2.05, 4.69) is 24.3 Å². The predicted octanol–water partition coefficient (Wildman–Crippen LogP) is 2.93. The smallest absolute Gasteiger partial charge is 0.147 e. The number of nitrogens with one attached hydrogen (secondary N) is 1. The second-order valence-corrected chi connectivity index (χ2v) is 6.40. The van der Waals surface area contributed by atoms with Crippen molar-refractivity contribution in [3.63, 3.8) is 0 Å². The second kappa shape index (κ2) is 7.46. The SMILES string of the molecule is CC1CCC(NCC(C(N)=NO)c2ccccc2)C(C)C1. The van der Waals surface area contributed by atoms with Gasteiger partial charge in [0.2, 0.25) is 0 Å². The van der Waals surface area contributed by atoms with E-state index in [-0.39, 0.29) is 11.8 Å². The van der Waals surface area contributed by atoms with Crippen LogP contribution in [-0.2, 0) is 0 Å². The molecule has 0 radical (unpaired) electrons. The molecule has 4 heteroatoms. The van der Waals surface area contributed by atoms with Gasteiger partial charge >= 0.3 is 0 Å². The van der Waals surface area contributed by atoms with Crippen LogP contribution in [0.2, 0.25) is 0 Å². The Morgan fingerprint density at radius 2 is 2.05 bits per heavy atom. The lowest BCUT2D eigenvalue weighted by molar-refractivity contribution is 0.228. The van der Waals surface area contributed by atoms with Crippen LogP contribution in [0.5, 0.6) is 0 Å². The fourth-order valence-corrected chi connectivity index (χ4v) is 3.39. The summed E-state index contributed by atoms with van der Waals surface area (Å²) in [6, 6.07) is 10.5. The average molecular weight is 289 g/mol. The summed E-state index contributed by atoms with van der Waals surface area (Å²) in [6.45, 7) is 5.35. The van der Waals surface area contributed by atoms with Gasteiger partial charge in [0.15, 0.2) is 0 Å². The standard InChI is InChI=1S/C17H27N3O/c1-12-8-9-16(13(2)10-12)19-11-15(17(18)20-21)14-6-4-3-5-7-14/h3-7,12-13,15-16,19,21H,8-11H2,1-2H3,(H2,18,20). The molecule has 0 amide bonds. The van der Waals surface area contributed by atoms with Gasteiger partial charge in [0.1, 0.15) is 5.84 Å². The first-order chi connectivity index (χ1) is 10.1. The molecule has 1 aromatic carbocycles. The van der Waals surface area contributed by atoms with Crippen LogP contribution >= 0.6 is 0 Å². The Bertz CT molecular complexity index is 460. The van der Waals surface area contributed by atoms with Crippen molar-refractivity contribution in [2.45, 2.75) is 45.1 Å². The molecule has 0 aromatic heterocycles. The van der Waals surface area contributed by atoms with Crippen LogP contribution in [0.4, 0.5) is 0 Å². The minimum absolute atomic E-state index is 0.0808. The molecular weight excluding hydrogens is 262 g/mol. The number of hydrogen-bond acceptors (Lipinski definition) is 3. The van der Waals surface area contributed by atoms with Gasteiger partial charge < -0.3 is 16.3 Å². The van der Waals surface area contributed by atoms with Crippen LogP contribution in [0, 0.1) is 11.8 Å². The van der Waals surface area contributed by atoms with Gasteiger partial charge in [-0.2, -0.15) is 0 Å². The highest BCUT2D eigenvalue weighted by molar-refractivity contribution is 5.87. The Hall–Kier alpha value is -1.55. The van der Waals surface area contributed by atoms with E-state index in [1.54, 1.807) is 0 Å². The molecule has 0 spiro atoms. The van der Waals surface area contributed by atoms with Crippen molar-refractivity contribution in [2.24, 2.45) is 22.7 Å². The zero-order valence-corrected chi connectivity index (χ0v) is 13.0. The van der Waals surface area contributed by atoms with Gasteiger partial charge in [-0.25, -0.2) is 0 Å². The minimum Gasteiger partial charge on any atom is -0.409 e. The van der Waals surface area contributed by atoms with Crippen LogP contribution < -0.4 is 11.1 Å². The maximum atomic E-state index is 9.03. The molecule has 1 aromatic rings. The Morgan fingerprint density at radius 3 is 2.67 bits per heavy atom. The third-order valence-electron chi connectivity index (χ3n) is 4.69. The van der Waals surface area contributed by atoms with E-state index >= 15 is 0 Å². The Balaban J connectivity index is 2.00. The fourth-order valence-electron chi connectivity index (χ4n) is 3.39. The van der Waals surface area contributed by atoms with Gasteiger partial charge in [-0.15, -0.1) is 0 Å². The van der Waals surface area contributed by atoms with Crippen LogP contribution in [0.15, 0.2) is 35.5 Å². The summed E-state index contributed by atoms with van der Waals surface area (Å²) in [7, 11) is 0. The summed E-state index contributed by atoms with van der Waals surface area (Å²) in [4.78, 5) is 0. The van der Waals surface area contributed by atoms with Crippen LogP contribution in [-0.4, -0.2) is 23.6 Å². The molecule has 2 rings (SSSR count). The summed E-state index contributed by atoms with van der Waals surface area (Å²) >= 11 is 0. The first-order valence-corrected chi connectivity index (χ1v) is 7.87. The van der Waals surface area contributed by atoms with Gasteiger partial charge in [0, 0.05) is 12.6 Å². The molecule has 116 valence electrons. The number of oxime groups is 1. The molecule has 0 saturated heterocycles. The molecule has 4 atom stereocenters. The van der Waals surface area contributed by atoms with Gasteiger partial charge in [0.25, 0.3) is 0 Å². The quantitative estimate of drug-likeness (QED) is 0.338. The van der Waals surface area contributed by atoms with E-state index in [0.29, 0.717) is 18.5 Å². The minimum atomic E-state index is -0.0808. The van der Waals surface area contributed by atoms with Crippen molar-refractivity contribution in [3.8, 4) is 0 Å². The number of rotatable bonds is 5. The summed E-state index contributed by atoms with van der Waals surface area (Å²) in [6.07, 6.45) is 3.76. The third kappa shape index (κ3) is 4.21. The largest absolute Gasteiger partial charge is 0.409 e. The number of nitrogens with two attached hydrogens (primary N) is 1. The lowest BCUT2D eigenvalue weighted by Crippen LogP contribution is -2.43. The maximum absolute atomic E-state index is 9.03. The van der Waals surface area contributed by atoms with E-state index in [1.807, 2.05) is 30.3 Å². The molecule has 1 aliphatic rings. The van der Waals surface area contributed by atoms with Crippen molar-refractivity contribution in [2.75, 3.05) is 6.54 Å². The first-order valence-electron chi connectivity index (χ1n) is 7.87. The van der Waals surface area contributed by atoms with Crippen LogP contribution in [0.1, 0.15) is 44.6 Å². The topological polar surface area (TPSA) is 70.6 Å². The summed E-state index contributed by atoms with van der Waals surface area (Å²) in [5, 5.41) is 15.9. The van der Waals surface area contributed by atoms with Gasteiger partial charge in [0.05, 0.1) is 5.92 Å². The Kier molecular flexibility index (Phi) is 5.62. The lowest BCUT2D eigenvalue weighted by Gasteiger charge is -2.34. The molecule has 4 unspecified atom stereocenters. The van der Waals surface area contributed by atoms with Crippen LogP contribution in [0.3, 0.4) is 0 Å². The van der Waals surface area contributed by atoms with Crippen molar-refractivity contribution in [1.29, 1.82) is 0 Å². The highest BCUT2D eigenvalue weighted by atomic mass is 16.4. The average Bonchev–Trinajstić information content (AvgIpc) is 2.50. The van der Waals surface area contributed by atoms with Crippen LogP contribution in [0.25, 0.3) is 0 Å². The normalized spacial score (nSPS) is 28.3. The molecule has 0 aliphatic heterocycles. The molecule has 1 aliphatic carbocycles. The number of benzene rings is 1. The highest BCUT2D eigenvalue weighted by Crippen LogP contribution is 2.29. The summed E-state index contributed by atoms with van der Waals surface area (Å²) in [5.74, 6) is 1.69. The maximum Gasteiger partial charge on any atom is 0.147 e. The molecular formula is C17H27N3O. The Labute approximate surface area is 127 Å². The van der Waals surface area contributed by atoms with Crippen molar-refractivity contribution in [1.82, 2.24) is 5.32 Å². The predicted molar refractivity (Wildman–Crippen MR) is 86.6 cm³/mol.